The molecule has 22 heavy (non-hydrogen) atoms. The lowest BCUT2D eigenvalue weighted by Gasteiger charge is -2.31. The number of nitriles is 1. The number of sulfonamides is 1. The van der Waals surface area contributed by atoms with Gasteiger partial charge in [0.1, 0.15) is 22.3 Å². The molecule has 0 unspecified atom stereocenters. The van der Waals surface area contributed by atoms with Crippen molar-refractivity contribution in [3.63, 3.8) is 0 Å². The van der Waals surface area contributed by atoms with E-state index in [1.807, 2.05) is 6.92 Å². The van der Waals surface area contributed by atoms with Crippen LogP contribution in [0.5, 0.6) is 0 Å². The van der Waals surface area contributed by atoms with Crippen LogP contribution in [-0.4, -0.2) is 39.0 Å². The Balaban J connectivity index is 2.16. The summed E-state index contributed by atoms with van der Waals surface area (Å²) in [6.07, 6.45) is 1.41. The van der Waals surface area contributed by atoms with E-state index < -0.39 is 21.4 Å². The van der Waals surface area contributed by atoms with Gasteiger partial charge in [-0.2, -0.15) is 9.57 Å². The first kappa shape index (κ1) is 16.9. The Morgan fingerprint density at radius 2 is 2.09 bits per heavy atom. The summed E-state index contributed by atoms with van der Waals surface area (Å²) >= 11 is 0. The molecule has 7 heteroatoms. The quantitative estimate of drug-likeness (QED) is 0.831. The Morgan fingerprint density at radius 1 is 1.41 bits per heavy atom. The molecule has 1 aromatic carbocycles. The molecule has 120 valence electrons. The molecule has 0 aromatic heterocycles. The van der Waals surface area contributed by atoms with Gasteiger partial charge in [-0.1, -0.05) is 6.07 Å². The van der Waals surface area contributed by atoms with E-state index in [1.54, 1.807) is 6.07 Å². The molecule has 0 aliphatic carbocycles. The predicted octanol–water partition coefficient (Wildman–Crippen LogP) is 2.13. The molecule has 0 saturated carbocycles. The number of rotatable bonds is 5. The molecule has 0 radical (unpaired) electrons. The molecule has 0 atom stereocenters. The van der Waals surface area contributed by atoms with Crippen molar-refractivity contribution in [1.29, 1.82) is 5.26 Å². The summed E-state index contributed by atoms with van der Waals surface area (Å²) in [6.45, 7) is 3.93. The fourth-order valence-electron chi connectivity index (χ4n) is 2.57. The topological polar surface area (TPSA) is 70.4 Å². The predicted molar refractivity (Wildman–Crippen MR) is 79.1 cm³/mol. The third-order valence-corrected chi connectivity index (χ3v) is 5.78. The van der Waals surface area contributed by atoms with Gasteiger partial charge >= 0.3 is 0 Å². The fourth-order valence-corrected chi connectivity index (χ4v) is 4.19. The highest BCUT2D eigenvalue weighted by molar-refractivity contribution is 7.89. The summed E-state index contributed by atoms with van der Waals surface area (Å²) in [4.78, 5) is -0.252. The average molecular weight is 326 g/mol. The zero-order valence-electron chi connectivity index (χ0n) is 12.5. The summed E-state index contributed by atoms with van der Waals surface area (Å²) in [7, 11) is -3.84. The molecule has 1 aliphatic heterocycles. The minimum Gasteiger partial charge on any atom is -0.381 e. The van der Waals surface area contributed by atoms with E-state index >= 15 is 0 Å². The second-order valence-corrected chi connectivity index (χ2v) is 7.14. The highest BCUT2D eigenvalue weighted by Gasteiger charge is 2.31. The van der Waals surface area contributed by atoms with Crippen molar-refractivity contribution in [2.75, 3.05) is 26.3 Å². The average Bonchev–Trinajstić information content (AvgIpc) is 2.53. The minimum atomic E-state index is -3.84. The summed E-state index contributed by atoms with van der Waals surface area (Å²) in [6, 6.07) is 5.33. The van der Waals surface area contributed by atoms with Crippen molar-refractivity contribution in [3.05, 3.63) is 29.6 Å². The van der Waals surface area contributed by atoms with Crippen LogP contribution in [0.25, 0.3) is 0 Å². The number of halogens is 1. The van der Waals surface area contributed by atoms with Gasteiger partial charge in [-0.3, -0.25) is 0 Å². The van der Waals surface area contributed by atoms with Gasteiger partial charge in [0.15, 0.2) is 0 Å². The maximum atomic E-state index is 13.6. The van der Waals surface area contributed by atoms with Gasteiger partial charge in [0.05, 0.1) is 0 Å². The van der Waals surface area contributed by atoms with Gasteiger partial charge < -0.3 is 4.74 Å². The number of benzene rings is 1. The van der Waals surface area contributed by atoms with Gasteiger partial charge in [0.25, 0.3) is 0 Å². The summed E-state index contributed by atoms with van der Waals surface area (Å²) in [5, 5.41) is 9.01. The summed E-state index contributed by atoms with van der Waals surface area (Å²) in [5.74, 6) is -0.468. The molecule has 5 nitrogen and oxygen atoms in total. The maximum Gasteiger partial charge on any atom is 0.244 e. The smallest absolute Gasteiger partial charge is 0.244 e. The first-order valence-corrected chi connectivity index (χ1v) is 8.71. The standard InChI is InChI=1S/C15H19FN2O3S/c1-2-21-11-12-6-8-18(9-7-12)22(19,20)15-5-3-4-14(16)13(15)10-17/h3-5,12H,2,6-9,11H2,1H3. The van der Waals surface area contributed by atoms with E-state index in [0.717, 1.165) is 6.07 Å². The molecule has 0 amide bonds. The Labute approximate surface area is 130 Å². The van der Waals surface area contributed by atoms with E-state index in [-0.39, 0.29) is 4.90 Å². The maximum absolute atomic E-state index is 13.6. The Morgan fingerprint density at radius 3 is 2.68 bits per heavy atom. The molecule has 0 spiro atoms. The van der Waals surface area contributed by atoms with Crippen LogP contribution in [0.15, 0.2) is 23.1 Å². The van der Waals surface area contributed by atoms with Crippen LogP contribution in [0.2, 0.25) is 0 Å². The monoisotopic (exact) mass is 326 g/mol. The van der Waals surface area contributed by atoms with Gasteiger partial charge in [0, 0.05) is 26.3 Å². The highest BCUT2D eigenvalue weighted by atomic mass is 32.2. The van der Waals surface area contributed by atoms with E-state index in [2.05, 4.69) is 0 Å². The zero-order chi connectivity index (χ0) is 16.2. The van der Waals surface area contributed by atoms with Crippen molar-refractivity contribution >= 4 is 10.0 Å². The summed E-state index contributed by atoms with van der Waals surface area (Å²) in [5.41, 5.74) is -0.418. The molecule has 1 fully saturated rings. The van der Waals surface area contributed by atoms with Gasteiger partial charge in [-0.05, 0) is 37.8 Å². The van der Waals surface area contributed by atoms with E-state index in [4.69, 9.17) is 10.00 Å². The van der Waals surface area contributed by atoms with Crippen LogP contribution in [0.3, 0.4) is 0 Å². The largest absolute Gasteiger partial charge is 0.381 e. The number of ether oxygens (including phenoxy) is 1. The number of nitrogens with zero attached hydrogens (tertiary/aromatic N) is 2. The van der Waals surface area contributed by atoms with Gasteiger partial charge in [0.2, 0.25) is 10.0 Å². The van der Waals surface area contributed by atoms with Crippen molar-refractivity contribution < 1.29 is 17.5 Å². The van der Waals surface area contributed by atoms with Crippen LogP contribution >= 0.6 is 0 Å². The first-order valence-electron chi connectivity index (χ1n) is 7.27. The highest BCUT2D eigenvalue weighted by Crippen LogP contribution is 2.26. The molecule has 1 heterocycles. The van der Waals surface area contributed by atoms with E-state index in [9.17, 15) is 12.8 Å². The SMILES string of the molecule is CCOCC1CCN(S(=O)(=O)c2cccc(F)c2C#N)CC1. The Bertz CT molecular complexity index is 662. The molecule has 0 N–H and O–H groups in total. The molecule has 1 saturated heterocycles. The third kappa shape index (κ3) is 3.46. The lowest BCUT2D eigenvalue weighted by molar-refractivity contribution is 0.0883. The normalized spacial score (nSPS) is 17.3. The molecular weight excluding hydrogens is 307 g/mol. The Kier molecular flexibility index (Phi) is 5.51. The lowest BCUT2D eigenvalue weighted by Crippen LogP contribution is -2.39. The number of piperidine rings is 1. The van der Waals surface area contributed by atoms with Crippen molar-refractivity contribution in [1.82, 2.24) is 4.31 Å². The Hall–Kier alpha value is -1.49. The molecule has 0 bridgehead atoms. The van der Waals surface area contributed by atoms with Crippen molar-refractivity contribution in [3.8, 4) is 6.07 Å². The van der Waals surface area contributed by atoms with E-state index in [1.165, 1.54) is 16.4 Å². The molecular formula is C15H19FN2O3S. The number of hydrogen-bond acceptors (Lipinski definition) is 4. The molecule has 1 aromatic rings. The van der Waals surface area contributed by atoms with Crippen LogP contribution in [0.1, 0.15) is 25.3 Å². The van der Waals surface area contributed by atoms with Crippen LogP contribution in [0.4, 0.5) is 4.39 Å². The lowest BCUT2D eigenvalue weighted by atomic mass is 9.99. The minimum absolute atomic E-state index is 0.252. The van der Waals surface area contributed by atoms with Crippen LogP contribution in [0, 0.1) is 23.1 Å². The summed E-state index contributed by atoms with van der Waals surface area (Å²) < 4.78 is 45.6. The van der Waals surface area contributed by atoms with E-state index in [0.29, 0.717) is 45.1 Å². The second-order valence-electron chi connectivity index (χ2n) is 5.23. The van der Waals surface area contributed by atoms with Gasteiger partial charge in [-0.15, -0.1) is 0 Å². The third-order valence-electron chi connectivity index (χ3n) is 3.84. The van der Waals surface area contributed by atoms with Crippen molar-refractivity contribution in [2.45, 2.75) is 24.7 Å². The first-order chi connectivity index (χ1) is 10.5. The van der Waals surface area contributed by atoms with Crippen LogP contribution in [-0.2, 0) is 14.8 Å². The fraction of sp³-hybridized carbons (Fsp3) is 0.533. The number of hydrogen-bond donors (Lipinski definition) is 0. The molecule has 1 aliphatic rings. The van der Waals surface area contributed by atoms with Gasteiger partial charge in [-0.25, -0.2) is 12.8 Å². The van der Waals surface area contributed by atoms with Crippen molar-refractivity contribution in [2.24, 2.45) is 5.92 Å². The molecule has 2 rings (SSSR count). The second kappa shape index (κ2) is 7.18. The zero-order valence-corrected chi connectivity index (χ0v) is 13.3. The van der Waals surface area contributed by atoms with Crippen LogP contribution < -0.4 is 0 Å².